The topological polar surface area (TPSA) is 12.9 Å². The number of rotatable bonds is 7. The van der Waals surface area contributed by atoms with Gasteiger partial charge in [-0.15, -0.1) is 11.3 Å². The Hall–Kier alpha value is -0.370. The molecule has 0 saturated heterocycles. The monoisotopic (exact) mass is 225 g/mol. The van der Waals surface area contributed by atoms with Crippen LogP contribution in [0.2, 0.25) is 0 Å². The van der Waals surface area contributed by atoms with E-state index in [-0.39, 0.29) is 0 Å². The van der Waals surface area contributed by atoms with Crippen molar-refractivity contribution in [2.24, 2.45) is 0 Å². The third-order valence-corrected chi connectivity index (χ3v) is 4.47. The van der Waals surface area contributed by atoms with Gasteiger partial charge in [-0.05, 0) is 12.8 Å². The lowest BCUT2D eigenvalue weighted by Gasteiger charge is -2.26. The average Bonchev–Trinajstić information content (AvgIpc) is 2.78. The van der Waals surface area contributed by atoms with Crippen LogP contribution in [-0.4, -0.2) is 4.98 Å². The highest BCUT2D eigenvalue weighted by Gasteiger charge is 2.25. The van der Waals surface area contributed by atoms with Gasteiger partial charge in [-0.1, -0.05) is 46.5 Å². The standard InChI is InChI=1S/C13H23NS/c1-4-6-7-8-9-13(3,5-2)12-10-14-11-15-12/h10-11H,4-9H2,1-3H3. The minimum Gasteiger partial charge on any atom is -0.253 e. The van der Waals surface area contributed by atoms with Crippen LogP contribution in [0.25, 0.3) is 0 Å². The number of hydrogen-bond acceptors (Lipinski definition) is 2. The van der Waals surface area contributed by atoms with E-state index in [4.69, 9.17) is 0 Å². The lowest BCUT2D eigenvalue weighted by atomic mass is 9.81. The Kier molecular flexibility index (Phi) is 5.30. The number of unbranched alkanes of at least 4 members (excludes halogenated alkanes) is 3. The van der Waals surface area contributed by atoms with Gasteiger partial charge in [0.2, 0.25) is 0 Å². The molecule has 0 saturated carbocycles. The summed E-state index contributed by atoms with van der Waals surface area (Å²) in [5.74, 6) is 0. The molecule has 0 fully saturated rings. The minimum absolute atomic E-state index is 0.370. The van der Waals surface area contributed by atoms with Crippen molar-refractivity contribution in [1.82, 2.24) is 4.98 Å². The molecule has 0 spiro atoms. The van der Waals surface area contributed by atoms with Crippen LogP contribution in [0, 0.1) is 0 Å². The van der Waals surface area contributed by atoms with Crippen LogP contribution in [0.15, 0.2) is 11.7 Å². The first-order valence-electron chi connectivity index (χ1n) is 6.12. The maximum absolute atomic E-state index is 4.20. The van der Waals surface area contributed by atoms with Gasteiger partial charge in [-0.25, -0.2) is 0 Å². The molecule has 86 valence electrons. The van der Waals surface area contributed by atoms with Crippen LogP contribution in [0.1, 0.15) is 64.2 Å². The number of nitrogens with zero attached hydrogens (tertiary/aromatic N) is 1. The number of hydrogen-bond donors (Lipinski definition) is 0. The molecule has 1 aromatic rings. The van der Waals surface area contributed by atoms with E-state index in [1.807, 2.05) is 23.0 Å². The second-order valence-corrected chi connectivity index (χ2v) is 5.48. The highest BCUT2D eigenvalue weighted by Crippen LogP contribution is 2.35. The fourth-order valence-electron chi connectivity index (χ4n) is 1.93. The van der Waals surface area contributed by atoms with Gasteiger partial charge in [0.1, 0.15) is 0 Å². The van der Waals surface area contributed by atoms with E-state index in [9.17, 15) is 0 Å². The van der Waals surface area contributed by atoms with E-state index in [1.165, 1.54) is 43.4 Å². The second-order valence-electron chi connectivity index (χ2n) is 4.59. The van der Waals surface area contributed by atoms with Crippen molar-refractivity contribution in [2.45, 2.75) is 64.7 Å². The maximum atomic E-state index is 4.20. The van der Waals surface area contributed by atoms with Crippen molar-refractivity contribution in [2.75, 3.05) is 0 Å². The van der Waals surface area contributed by atoms with Crippen LogP contribution in [0.3, 0.4) is 0 Å². The molecule has 1 unspecified atom stereocenters. The van der Waals surface area contributed by atoms with Gasteiger partial charge in [0.15, 0.2) is 0 Å². The van der Waals surface area contributed by atoms with E-state index in [1.54, 1.807) is 0 Å². The fourth-order valence-corrected chi connectivity index (χ4v) is 2.82. The number of aromatic nitrogens is 1. The van der Waals surface area contributed by atoms with E-state index in [0.717, 1.165) is 0 Å². The zero-order chi connectivity index (χ0) is 11.1. The average molecular weight is 225 g/mol. The Morgan fingerprint density at radius 2 is 2.07 bits per heavy atom. The molecule has 0 aliphatic rings. The van der Waals surface area contributed by atoms with Crippen molar-refractivity contribution in [3.05, 3.63) is 16.6 Å². The summed E-state index contributed by atoms with van der Waals surface area (Å²) in [4.78, 5) is 5.66. The Bertz CT molecular complexity index is 256. The van der Waals surface area contributed by atoms with E-state index >= 15 is 0 Å². The van der Waals surface area contributed by atoms with Crippen molar-refractivity contribution in [3.63, 3.8) is 0 Å². The molecule has 0 radical (unpaired) electrons. The smallest absolute Gasteiger partial charge is 0.0794 e. The third kappa shape index (κ3) is 3.60. The molecule has 1 nitrogen and oxygen atoms in total. The molecule has 0 bridgehead atoms. The van der Waals surface area contributed by atoms with Gasteiger partial charge >= 0.3 is 0 Å². The fraction of sp³-hybridized carbons (Fsp3) is 0.769. The van der Waals surface area contributed by atoms with Crippen molar-refractivity contribution in [1.29, 1.82) is 0 Å². The highest BCUT2D eigenvalue weighted by molar-refractivity contribution is 7.09. The molecule has 1 atom stereocenters. The molecule has 0 aromatic carbocycles. The third-order valence-electron chi connectivity index (χ3n) is 3.39. The number of thiazole rings is 1. The van der Waals surface area contributed by atoms with Crippen molar-refractivity contribution < 1.29 is 0 Å². The SMILES string of the molecule is CCCCCCC(C)(CC)c1cncs1. The summed E-state index contributed by atoms with van der Waals surface area (Å²) < 4.78 is 0. The summed E-state index contributed by atoms with van der Waals surface area (Å²) >= 11 is 1.81. The Balaban J connectivity index is 2.46. The lowest BCUT2D eigenvalue weighted by Crippen LogP contribution is -2.19. The molecule has 0 aliphatic heterocycles. The summed E-state index contributed by atoms with van der Waals surface area (Å²) in [5.41, 5.74) is 2.32. The summed E-state index contributed by atoms with van der Waals surface area (Å²) in [6.45, 7) is 6.94. The van der Waals surface area contributed by atoms with Gasteiger partial charge in [0.05, 0.1) is 5.51 Å². The normalized spacial score (nSPS) is 15.1. The van der Waals surface area contributed by atoms with Gasteiger partial charge in [0.25, 0.3) is 0 Å². The Morgan fingerprint density at radius 1 is 1.27 bits per heavy atom. The largest absolute Gasteiger partial charge is 0.253 e. The molecule has 1 heterocycles. The van der Waals surface area contributed by atoms with Crippen molar-refractivity contribution >= 4 is 11.3 Å². The van der Waals surface area contributed by atoms with Crippen molar-refractivity contribution in [3.8, 4) is 0 Å². The molecule has 0 N–H and O–H groups in total. The molecule has 2 heteroatoms. The molecular weight excluding hydrogens is 202 g/mol. The first-order chi connectivity index (χ1) is 7.23. The summed E-state index contributed by atoms with van der Waals surface area (Å²) in [6, 6.07) is 0. The first-order valence-corrected chi connectivity index (χ1v) is 7.00. The van der Waals surface area contributed by atoms with Crippen LogP contribution >= 0.6 is 11.3 Å². The zero-order valence-electron chi connectivity index (χ0n) is 10.3. The zero-order valence-corrected chi connectivity index (χ0v) is 11.1. The van der Waals surface area contributed by atoms with Crippen LogP contribution in [0.4, 0.5) is 0 Å². The Labute approximate surface area is 97.9 Å². The van der Waals surface area contributed by atoms with E-state index < -0.39 is 0 Å². The first kappa shape index (κ1) is 12.7. The van der Waals surface area contributed by atoms with Gasteiger partial charge < -0.3 is 0 Å². The van der Waals surface area contributed by atoms with E-state index in [0.29, 0.717) is 5.41 Å². The maximum Gasteiger partial charge on any atom is 0.0794 e. The van der Waals surface area contributed by atoms with Crippen LogP contribution < -0.4 is 0 Å². The predicted molar refractivity (Wildman–Crippen MR) is 68.5 cm³/mol. The summed E-state index contributed by atoms with van der Waals surface area (Å²) in [6.07, 6.45) is 10.0. The summed E-state index contributed by atoms with van der Waals surface area (Å²) in [7, 11) is 0. The van der Waals surface area contributed by atoms with Crippen LogP contribution in [-0.2, 0) is 5.41 Å². The lowest BCUT2D eigenvalue weighted by molar-refractivity contribution is 0.402. The van der Waals surface area contributed by atoms with Crippen LogP contribution in [0.5, 0.6) is 0 Å². The quantitative estimate of drug-likeness (QED) is 0.608. The summed E-state index contributed by atoms with van der Waals surface area (Å²) in [5, 5.41) is 0. The van der Waals surface area contributed by atoms with Gasteiger partial charge in [0, 0.05) is 16.5 Å². The Morgan fingerprint density at radius 3 is 2.60 bits per heavy atom. The molecule has 1 rings (SSSR count). The predicted octanol–water partition coefficient (Wildman–Crippen LogP) is 4.78. The molecular formula is C13H23NS. The van der Waals surface area contributed by atoms with Gasteiger partial charge in [-0.2, -0.15) is 0 Å². The minimum atomic E-state index is 0.370. The molecule has 15 heavy (non-hydrogen) atoms. The molecule has 0 aliphatic carbocycles. The molecule has 0 amide bonds. The van der Waals surface area contributed by atoms with Gasteiger partial charge in [-0.3, -0.25) is 4.98 Å². The van der Waals surface area contributed by atoms with E-state index in [2.05, 4.69) is 25.8 Å². The molecule has 1 aromatic heterocycles. The highest BCUT2D eigenvalue weighted by atomic mass is 32.1. The second kappa shape index (κ2) is 6.26.